The molecule has 0 radical (unpaired) electrons. The van der Waals surface area contributed by atoms with Gasteiger partial charge in [-0.15, -0.1) is 0 Å². The molecule has 0 spiro atoms. The SMILES string of the molecule is CC(CC(Cc1ccc(-c2ccccc2)cc1)NC(=O)C1CCC1C(=O)O)C(=O)O. The first-order valence-electron chi connectivity index (χ1n) is 10.3. The van der Waals surface area contributed by atoms with E-state index in [1.54, 1.807) is 6.92 Å². The molecule has 0 aromatic heterocycles. The highest BCUT2D eigenvalue weighted by molar-refractivity contribution is 5.86. The van der Waals surface area contributed by atoms with Crippen molar-refractivity contribution in [2.75, 3.05) is 0 Å². The zero-order valence-corrected chi connectivity index (χ0v) is 17.0. The molecule has 2 aromatic rings. The molecule has 4 unspecified atom stereocenters. The van der Waals surface area contributed by atoms with Crippen molar-refractivity contribution in [3.63, 3.8) is 0 Å². The van der Waals surface area contributed by atoms with Crippen LogP contribution in [0.1, 0.15) is 31.7 Å². The van der Waals surface area contributed by atoms with E-state index in [1.165, 1.54) is 0 Å². The predicted molar refractivity (Wildman–Crippen MR) is 113 cm³/mol. The van der Waals surface area contributed by atoms with Gasteiger partial charge >= 0.3 is 11.9 Å². The summed E-state index contributed by atoms with van der Waals surface area (Å²) in [5, 5.41) is 21.4. The summed E-state index contributed by atoms with van der Waals surface area (Å²) in [6.07, 6.45) is 1.83. The van der Waals surface area contributed by atoms with Gasteiger partial charge in [-0.05, 0) is 42.4 Å². The lowest BCUT2D eigenvalue weighted by atomic mass is 9.73. The van der Waals surface area contributed by atoms with Gasteiger partial charge in [-0.25, -0.2) is 0 Å². The number of rotatable bonds is 9. The van der Waals surface area contributed by atoms with Crippen LogP contribution in [0.4, 0.5) is 0 Å². The lowest BCUT2D eigenvalue weighted by molar-refractivity contribution is -0.153. The van der Waals surface area contributed by atoms with E-state index >= 15 is 0 Å². The number of carboxylic acids is 2. The molecule has 6 nitrogen and oxygen atoms in total. The Morgan fingerprint density at radius 2 is 1.53 bits per heavy atom. The van der Waals surface area contributed by atoms with Gasteiger partial charge in [-0.2, -0.15) is 0 Å². The molecule has 0 aliphatic heterocycles. The van der Waals surface area contributed by atoms with E-state index in [1.807, 2.05) is 54.6 Å². The molecule has 2 aromatic carbocycles. The third-order valence-corrected chi connectivity index (χ3v) is 5.88. The summed E-state index contributed by atoms with van der Waals surface area (Å²) < 4.78 is 0. The fourth-order valence-electron chi connectivity index (χ4n) is 3.89. The maximum Gasteiger partial charge on any atom is 0.307 e. The summed E-state index contributed by atoms with van der Waals surface area (Å²) in [5.74, 6) is -3.96. The third kappa shape index (κ3) is 5.26. The van der Waals surface area contributed by atoms with Crippen LogP contribution in [0.25, 0.3) is 11.1 Å². The quantitative estimate of drug-likeness (QED) is 0.587. The zero-order chi connectivity index (χ0) is 21.7. The summed E-state index contributed by atoms with van der Waals surface area (Å²) in [6, 6.07) is 17.6. The minimum atomic E-state index is -0.951. The second-order valence-corrected chi connectivity index (χ2v) is 8.08. The smallest absolute Gasteiger partial charge is 0.307 e. The van der Waals surface area contributed by atoms with E-state index in [-0.39, 0.29) is 18.4 Å². The molecule has 1 aliphatic rings. The number of carbonyl (C=O) groups is 3. The highest BCUT2D eigenvalue weighted by Crippen LogP contribution is 2.34. The van der Waals surface area contributed by atoms with Gasteiger partial charge in [0.1, 0.15) is 0 Å². The molecule has 3 N–H and O–H groups in total. The average Bonchev–Trinajstić information content (AvgIpc) is 2.67. The maximum atomic E-state index is 12.6. The molecule has 6 heteroatoms. The summed E-state index contributed by atoms with van der Waals surface area (Å²) in [6.45, 7) is 1.61. The van der Waals surface area contributed by atoms with Gasteiger partial charge in [0, 0.05) is 6.04 Å². The molecule has 30 heavy (non-hydrogen) atoms. The number of aliphatic carboxylic acids is 2. The minimum absolute atomic E-state index is 0.284. The molecular weight excluding hydrogens is 382 g/mol. The van der Waals surface area contributed by atoms with Crippen LogP contribution in [0.5, 0.6) is 0 Å². The summed E-state index contributed by atoms with van der Waals surface area (Å²) >= 11 is 0. The second kappa shape index (κ2) is 9.57. The number of amides is 1. The number of carboxylic acid groups (broad SMARTS) is 2. The van der Waals surface area contributed by atoms with E-state index in [0.717, 1.165) is 16.7 Å². The van der Waals surface area contributed by atoms with Crippen LogP contribution >= 0.6 is 0 Å². The van der Waals surface area contributed by atoms with Crippen LogP contribution in [0.15, 0.2) is 54.6 Å². The minimum Gasteiger partial charge on any atom is -0.481 e. The predicted octanol–water partition coefficient (Wildman–Crippen LogP) is 3.60. The van der Waals surface area contributed by atoms with Crippen LogP contribution < -0.4 is 5.32 Å². The van der Waals surface area contributed by atoms with Gasteiger partial charge in [-0.1, -0.05) is 61.5 Å². The second-order valence-electron chi connectivity index (χ2n) is 8.08. The summed E-state index contributed by atoms with van der Waals surface area (Å²) in [7, 11) is 0. The maximum absolute atomic E-state index is 12.6. The Bertz CT molecular complexity index is 894. The lowest BCUT2D eigenvalue weighted by Crippen LogP contribution is -2.48. The lowest BCUT2D eigenvalue weighted by Gasteiger charge is -2.33. The van der Waals surface area contributed by atoms with E-state index in [0.29, 0.717) is 19.3 Å². The first-order valence-corrected chi connectivity index (χ1v) is 10.3. The first-order chi connectivity index (χ1) is 14.3. The zero-order valence-electron chi connectivity index (χ0n) is 17.0. The number of benzene rings is 2. The molecule has 0 saturated heterocycles. The highest BCUT2D eigenvalue weighted by Gasteiger charge is 2.42. The van der Waals surface area contributed by atoms with Crippen LogP contribution in [-0.2, 0) is 20.8 Å². The largest absolute Gasteiger partial charge is 0.481 e. The molecule has 4 atom stereocenters. The van der Waals surface area contributed by atoms with Crippen LogP contribution in [-0.4, -0.2) is 34.1 Å². The fourth-order valence-corrected chi connectivity index (χ4v) is 3.89. The molecule has 1 fully saturated rings. The molecule has 0 heterocycles. The first kappa shape index (κ1) is 21.6. The summed E-state index contributed by atoms with van der Waals surface area (Å²) in [4.78, 5) is 35.2. The molecule has 1 saturated carbocycles. The van der Waals surface area contributed by atoms with Crippen molar-refractivity contribution in [2.24, 2.45) is 17.8 Å². The normalized spacial score (nSPS) is 19.9. The van der Waals surface area contributed by atoms with Gasteiger partial charge in [0.2, 0.25) is 5.91 Å². The Morgan fingerprint density at radius 1 is 0.933 bits per heavy atom. The van der Waals surface area contributed by atoms with Crippen LogP contribution in [0.2, 0.25) is 0 Å². The Kier molecular flexibility index (Phi) is 6.87. The molecular formula is C24H27NO5. The number of nitrogens with one attached hydrogen (secondary N) is 1. The van der Waals surface area contributed by atoms with Crippen molar-refractivity contribution in [3.8, 4) is 11.1 Å². The standard InChI is InChI=1S/C24H27NO5/c1-15(23(27)28)13-19(25-22(26)20-11-12-21(20)24(29)30)14-16-7-9-18(10-8-16)17-5-3-2-4-6-17/h2-10,15,19-21H,11-14H2,1H3,(H,25,26)(H,27,28)(H,29,30). The monoisotopic (exact) mass is 409 g/mol. The van der Waals surface area contributed by atoms with Gasteiger partial charge in [0.25, 0.3) is 0 Å². The number of hydrogen-bond donors (Lipinski definition) is 3. The van der Waals surface area contributed by atoms with Crippen molar-refractivity contribution in [3.05, 3.63) is 60.2 Å². The third-order valence-electron chi connectivity index (χ3n) is 5.88. The Morgan fingerprint density at radius 3 is 2.07 bits per heavy atom. The highest BCUT2D eigenvalue weighted by atomic mass is 16.4. The molecule has 158 valence electrons. The molecule has 1 aliphatic carbocycles. The van der Waals surface area contributed by atoms with E-state index in [4.69, 9.17) is 0 Å². The van der Waals surface area contributed by atoms with Crippen molar-refractivity contribution in [1.82, 2.24) is 5.32 Å². The van der Waals surface area contributed by atoms with Crippen molar-refractivity contribution in [2.45, 2.75) is 38.6 Å². The van der Waals surface area contributed by atoms with Crippen molar-refractivity contribution < 1.29 is 24.6 Å². The van der Waals surface area contributed by atoms with Gasteiger partial charge in [0.15, 0.2) is 0 Å². The van der Waals surface area contributed by atoms with Gasteiger partial charge in [-0.3, -0.25) is 14.4 Å². The average molecular weight is 409 g/mol. The molecule has 0 bridgehead atoms. The van der Waals surface area contributed by atoms with E-state index < -0.39 is 29.7 Å². The van der Waals surface area contributed by atoms with Gasteiger partial charge < -0.3 is 15.5 Å². The van der Waals surface area contributed by atoms with Crippen LogP contribution in [0.3, 0.4) is 0 Å². The van der Waals surface area contributed by atoms with E-state index in [2.05, 4.69) is 5.32 Å². The number of carbonyl (C=O) groups excluding carboxylic acids is 1. The number of hydrogen-bond acceptors (Lipinski definition) is 3. The molecule has 1 amide bonds. The van der Waals surface area contributed by atoms with Crippen molar-refractivity contribution >= 4 is 17.8 Å². The van der Waals surface area contributed by atoms with Crippen LogP contribution in [0, 0.1) is 17.8 Å². The Balaban J connectivity index is 1.70. The Hall–Kier alpha value is -3.15. The molecule has 3 rings (SSSR count). The van der Waals surface area contributed by atoms with Crippen molar-refractivity contribution in [1.29, 1.82) is 0 Å². The Labute approximate surface area is 175 Å². The van der Waals surface area contributed by atoms with E-state index in [9.17, 15) is 24.6 Å². The topological polar surface area (TPSA) is 104 Å². The summed E-state index contributed by atoms with van der Waals surface area (Å²) in [5.41, 5.74) is 3.18. The van der Waals surface area contributed by atoms with Gasteiger partial charge in [0.05, 0.1) is 17.8 Å². The fraction of sp³-hybridized carbons (Fsp3) is 0.375.